The molecule has 0 atom stereocenters. The van der Waals surface area contributed by atoms with E-state index in [0.717, 1.165) is 23.3 Å². The third kappa shape index (κ3) is 2.60. The van der Waals surface area contributed by atoms with Crippen molar-refractivity contribution in [2.75, 3.05) is 7.11 Å². The molecule has 0 aliphatic heterocycles. The normalized spacial score (nSPS) is 10.9. The summed E-state index contributed by atoms with van der Waals surface area (Å²) in [5.41, 5.74) is 5.24. The maximum Gasteiger partial charge on any atom is 0.337 e. The fourth-order valence-corrected chi connectivity index (χ4v) is 2.68. The van der Waals surface area contributed by atoms with Crippen LogP contribution in [0.4, 0.5) is 0 Å². The van der Waals surface area contributed by atoms with Crippen LogP contribution in [0.5, 0.6) is 0 Å². The third-order valence-corrected chi connectivity index (χ3v) is 3.79. The molecule has 22 heavy (non-hydrogen) atoms. The van der Waals surface area contributed by atoms with Crippen molar-refractivity contribution in [2.45, 2.75) is 20.3 Å². The Morgan fingerprint density at radius 1 is 1.23 bits per heavy atom. The number of fused-ring (bicyclic) bond motifs is 1. The summed E-state index contributed by atoms with van der Waals surface area (Å²) in [7, 11) is 1.39. The molecule has 4 nitrogen and oxygen atoms in total. The average Bonchev–Trinajstić information content (AvgIpc) is 2.90. The number of aromatic nitrogens is 2. The smallest absolute Gasteiger partial charge is 0.337 e. The molecule has 2 heterocycles. The quantitative estimate of drug-likeness (QED) is 0.696. The van der Waals surface area contributed by atoms with Crippen molar-refractivity contribution < 1.29 is 9.53 Å². The van der Waals surface area contributed by atoms with Gasteiger partial charge in [0.2, 0.25) is 0 Å². The van der Waals surface area contributed by atoms with E-state index in [4.69, 9.17) is 4.74 Å². The molecule has 0 saturated heterocycles. The zero-order valence-corrected chi connectivity index (χ0v) is 13.0. The highest BCUT2D eigenvalue weighted by molar-refractivity contribution is 5.89. The maximum absolute atomic E-state index is 11.5. The lowest BCUT2D eigenvalue weighted by Crippen LogP contribution is -2.02. The highest BCUT2D eigenvalue weighted by Crippen LogP contribution is 2.17. The lowest BCUT2D eigenvalue weighted by molar-refractivity contribution is 0.0600. The number of ether oxygens (including phenoxy) is 1. The number of pyridine rings is 1. The molecule has 0 N–H and O–H groups in total. The van der Waals surface area contributed by atoms with Gasteiger partial charge < -0.3 is 9.14 Å². The van der Waals surface area contributed by atoms with Crippen LogP contribution >= 0.6 is 0 Å². The first-order chi connectivity index (χ1) is 10.6. The topological polar surface area (TPSA) is 43.6 Å². The van der Waals surface area contributed by atoms with Crippen LogP contribution in [0.2, 0.25) is 0 Å². The number of imidazole rings is 1. The van der Waals surface area contributed by atoms with Gasteiger partial charge in [-0.15, -0.1) is 0 Å². The van der Waals surface area contributed by atoms with E-state index in [2.05, 4.69) is 35.5 Å². The average molecular weight is 294 g/mol. The molecule has 0 spiro atoms. The van der Waals surface area contributed by atoms with E-state index < -0.39 is 0 Å². The van der Waals surface area contributed by atoms with Crippen LogP contribution in [-0.4, -0.2) is 22.5 Å². The van der Waals surface area contributed by atoms with Gasteiger partial charge in [-0.05, 0) is 42.7 Å². The minimum absolute atomic E-state index is 0.316. The Labute approximate surface area is 129 Å². The first kappa shape index (κ1) is 14.3. The summed E-state index contributed by atoms with van der Waals surface area (Å²) in [5, 5.41) is 0. The highest BCUT2D eigenvalue weighted by atomic mass is 16.5. The Hall–Kier alpha value is -2.62. The zero-order chi connectivity index (χ0) is 15.7. The minimum Gasteiger partial charge on any atom is -0.465 e. The van der Waals surface area contributed by atoms with Crippen molar-refractivity contribution in [2.24, 2.45) is 0 Å². The summed E-state index contributed by atoms with van der Waals surface area (Å²) in [5.74, 6) is 0.677. The van der Waals surface area contributed by atoms with E-state index in [-0.39, 0.29) is 5.97 Å². The van der Waals surface area contributed by atoms with E-state index in [1.807, 2.05) is 18.3 Å². The fourth-order valence-electron chi connectivity index (χ4n) is 2.68. The van der Waals surface area contributed by atoms with Gasteiger partial charge in [-0.25, -0.2) is 9.78 Å². The predicted octanol–water partition coefficient (Wildman–Crippen LogP) is 3.33. The summed E-state index contributed by atoms with van der Waals surface area (Å²) >= 11 is 0. The molecular formula is C18H18N2O2. The van der Waals surface area contributed by atoms with Gasteiger partial charge in [0.05, 0.1) is 24.4 Å². The molecule has 0 aliphatic carbocycles. The van der Waals surface area contributed by atoms with Crippen LogP contribution in [0.15, 0.2) is 42.7 Å². The third-order valence-electron chi connectivity index (χ3n) is 3.79. The van der Waals surface area contributed by atoms with Gasteiger partial charge in [0, 0.05) is 12.6 Å². The summed E-state index contributed by atoms with van der Waals surface area (Å²) in [6.07, 6.45) is 4.74. The van der Waals surface area contributed by atoms with Crippen LogP contribution in [0.1, 0.15) is 32.9 Å². The Bertz CT molecular complexity index is 832. The molecule has 0 radical (unpaired) electrons. The van der Waals surface area contributed by atoms with Crippen LogP contribution in [0, 0.1) is 13.8 Å². The second kappa shape index (κ2) is 5.64. The Kier molecular flexibility index (Phi) is 3.67. The van der Waals surface area contributed by atoms with Gasteiger partial charge in [-0.2, -0.15) is 0 Å². The number of nitrogens with zero attached hydrogens (tertiary/aromatic N) is 2. The number of carbonyl (C=O) groups is 1. The molecular weight excluding hydrogens is 276 g/mol. The molecule has 2 aromatic heterocycles. The van der Waals surface area contributed by atoms with Crippen LogP contribution in [-0.2, 0) is 11.2 Å². The number of carbonyl (C=O) groups excluding carboxylic acids is 1. The van der Waals surface area contributed by atoms with E-state index in [1.54, 1.807) is 12.1 Å². The van der Waals surface area contributed by atoms with E-state index in [9.17, 15) is 4.79 Å². The number of esters is 1. The van der Waals surface area contributed by atoms with E-state index >= 15 is 0 Å². The second-order valence-corrected chi connectivity index (χ2v) is 5.50. The molecule has 4 heteroatoms. The van der Waals surface area contributed by atoms with Crippen molar-refractivity contribution in [3.8, 4) is 0 Å². The molecule has 0 amide bonds. The molecule has 0 fully saturated rings. The molecule has 112 valence electrons. The Morgan fingerprint density at radius 2 is 1.95 bits per heavy atom. The van der Waals surface area contributed by atoms with E-state index in [0.29, 0.717) is 5.56 Å². The molecule has 0 unspecified atom stereocenters. The molecule has 1 aromatic carbocycles. The summed E-state index contributed by atoms with van der Waals surface area (Å²) in [4.78, 5) is 16.0. The van der Waals surface area contributed by atoms with Crippen molar-refractivity contribution in [3.63, 3.8) is 0 Å². The number of rotatable bonds is 3. The van der Waals surface area contributed by atoms with Crippen LogP contribution in [0.25, 0.3) is 5.52 Å². The standard InChI is InChI=1S/C18H18N2O2/c1-12-8-13(2)16-10-19-17(20(16)11-12)9-14-4-6-15(7-5-14)18(21)22-3/h4-8,10-11H,9H2,1-3H3. The number of aryl methyl sites for hydroxylation is 2. The largest absolute Gasteiger partial charge is 0.465 e. The summed E-state index contributed by atoms with van der Waals surface area (Å²) in [6, 6.07) is 9.61. The Morgan fingerprint density at radius 3 is 2.64 bits per heavy atom. The molecule has 3 rings (SSSR count). The van der Waals surface area contributed by atoms with Crippen LogP contribution < -0.4 is 0 Å². The number of benzene rings is 1. The lowest BCUT2D eigenvalue weighted by Gasteiger charge is -2.06. The highest BCUT2D eigenvalue weighted by Gasteiger charge is 2.09. The SMILES string of the molecule is COC(=O)c1ccc(Cc2ncc3c(C)cc(C)cn23)cc1. The number of methoxy groups -OCH3 is 1. The van der Waals surface area contributed by atoms with Crippen LogP contribution in [0.3, 0.4) is 0 Å². The summed E-state index contributed by atoms with van der Waals surface area (Å²) < 4.78 is 6.85. The summed E-state index contributed by atoms with van der Waals surface area (Å²) in [6.45, 7) is 4.18. The predicted molar refractivity (Wildman–Crippen MR) is 85.3 cm³/mol. The van der Waals surface area contributed by atoms with Gasteiger partial charge in [-0.3, -0.25) is 0 Å². The van der Waals surface area contributed by atoms with Gasteiger partial charge in [0.25, 0.3) is 0 Å². The first-order valence-corrected chi connectivity index (χ1v) is 7.19. The molecule has 0 bridgehead atoms. The van der Waals surface area contributed by atoms with Gasteiger partial charge >= 0.3 is 5.97 Å². The van der Waals surface area contributed by atoms with Gasteiger partial charge in [0.15, 0.2) is 0 Å². The number of hydrogen-bond acceptors (Lipinski definition) is 3. The van der Waals surface area contributed by atoms with Crippen molar-refractivity contribution >= 4 is 11.5 Å². The van der Waals surface area contributed by atoms with Crippen molar-refractivity contribution in [3.05, 3.63) is 70.8 Å². The van der Waals surface area contributed by atoms with Crippen molar-refractivity contribution in [1.82, 2.24) is 9.38 Å². The van der Waals surface area contributed by atoms with Gasteiger partial charge in [0.1, 0.15) is 5.82 Å². The first-order valence-electron chi connectivity index (χ1n) is 7.19. The number of hydrogen-bond donors (Lipinski definition) is 0. The zero-order valence-electron chi connectivity index (χ0n) is 13.0. The Balaban J connectivity index is 1.92. The van der Waals surface area contributed by atoms with Crippen molar-refractivity contribution in [1.29, 1.82) is 0 Å². The minimum atomic E-state index is -0.316. The van der Waals surface area contributed by atoms with Gasteiger partial charge in [-0.1, -0.05) is 18.2 Å². The van der Waals surface area contributed by atoms with E-state index in [1.165, 1.54) is 18.2 Å². The maximum atomic E-state index is 11.5. The molecule has 0 saturated carbocycles. The molecule has 3 aromatic rings. The second-order valence-electron chi connectivity index (χ2n) is 5.50. The monoisotopic (exact) mass is 294 g/mol. The fraction of sp³-hybridized carbons (Fsp3) is 0.222. The lowest BCUT2D eigenvalue weighted by atomic mass is 10.1. The molecule has 0 aliphatic rings.